The highest BCUT2D eigenvalue weighted by Gasteiger charge is 2.23. The number of hydrogen-bond donors (Lipinski definition) is 2. The first-order valence-corrected chi connectivity index (χ1v) is 15.7. The maximum absolute atomic E-state index is 13.8. The molecule has 0 aliphatic heterocycles. The number of carboxylic acid groups (broad SMARTS) is 2. The minimum absolute atomic E-state index is 0.172. The van der Waals surface area contributed by atoms with Gasteiger partial charge in [0.25, 0.3) is 0 Å². The fourth-order valence-corrected chi connectivity index (χ4v) is 5.86. The van der Waals surface area contributed by atoms with Crippen molar-refractivity contribution in [3.8, 4) is 0 Å². The summed E-state index contributed by atoms with van der Waals surface area (Å²) < 4.78 is 20.4. The number of carbonyl (C=O) groups is 2. The maximum Gasteiger partial charge on any atom is 0.335 e. The zero-order valence-electron chi connectivity index (χ0n) is 25.2. The second-order valence-electron chi connectivity index (χ2n) is 11.8. The second kappa shape index (κ2) is 17.3. The molecule has 3 atom stereocenters. The monoisotopic (exact) mass is 598 g/mol. The van der Waals surface area contributed by atoms with Gasteiger partial charge in [0.2, 0.25) is 0 Å². The van der Waals surface area contributed by atoms with E-state index in [9.17, 15) is 19.1 Å². The van der Waals surface area contributed by atoms with E-state index in [1.54, 1.807) is 24.3 Å². The lowest BCUT2D eigenvalue weighted by atomic mass is 9.82. The molecule has 0 spiro atoms. The second-order valence-corrected chi connectivity index (χ2v) is 11.8. The first-order valence-electron chi connectivity index (χ1n) is 15.7. The van der Waals surface area contributed by atoms with Gasteiger partial charge in [-0.2, -0.15) is 0 Å². The van der Waals surface area contributed by atoms with E-state index >= 15 is 0 Å². The van der Waals surface area contributed by atoms with Crippen LogP contribution in [-0.2, 0) is 33.8 Å². The number of hydrogen-bond acceptors (Lipinski definition) is 3. The molecular formula is C38H43FO5. The SMILES string of the molecule is O=C(O)CCCCC[C@H](CC1C=CC(C(=O)O)=CC1)CC(OCc1ccc(CCc2ccccc2)cc1)c1ccc(F)cc1. The molecule has 0 heterocycles. The molecule has 3 aromatic rings. The molecular weight excluding hydrogens is 555 g/mol. The third kappa shape index (κ3) is 11.2. The summed E-state index contributed by atoms with van der Waals surface area (Å²) >= 11 is 0. The van der Waals surface area contributed by atoms with E-state index in [4.69, 9.17) is 9.84 Å². The first kappa shape index (κ1) is 32.9. The van der Waals surface area contributed by atoms with E-state index in [1.807, 2.05) is 12.1 Å². The predicted molar refractivity (Wildman–Crippen MR) is 171 cm³/mol. The van der Waals surface area contributed by atoms with Crippen LogP contribution in [-0.4, -0.2) is 22.2 Å². The maximum atomic E-state index is 13.8. The van der Waals surface area contributed by atoms with Gasteiger partial charge in [-0.25, -0.2) is 9.18 Å². The number of aliphatic carboxylic acids is 2. The van der Waals surface area contributed by atoms with Crippen molar-refractivity contribution in [3.05, 3.63) is 131 Å². The Hall–Kier alpha value is -4.03. The van der Waals surface area contributed by atoms with Gasteiger partial charge in [0.05, 0.1) is 18.3 Å². The summed E-state index contributed by atoms with van der Waals surface area (Å²) in [6.45, 7) is 0.431. The number of benzene rings is 3. The van der Waals surface area contributed by atoms with Gasteiger partial charge in [-0.15, -0.1) is 0 Å². The number of rotatable bonds is 18. The molecule has 5 nitrogen and oxygen atoms in total. The van der Waals surface area contributed by atoms with Crippen LogP contribution in [0, 0.1) is 17.7 Å². The Morgan fingerprint density at radius 3 is 2.16 bits per heavy atom. The van der Waals surface area contributed by atoms with Crippen LogP contribution in [0.5, 0.6) is 0 Å². The van der Waals surface area contributed by atoms with Gasteiger partial charge in [-0.1, -0.05) is 104 Å². The molecule has 44 heavy (non-hydrogen) atoms. The predicted octanol–water partition coefficient (Wildman–Crippen LogP) is 8.89. The normalized spacial score (nSPS) is 15.8. The summed E-state index contributed by atoms with van der Waals surface area (Å²) in [5.41, 5.74) is 4.92. The van der Waals surface area contributed by atoms with Gasteiger partial charge in [-0.3, -0.25) is 4.79 Å². The van der Waals surface area contributed by atoms with Crippen molar-refractivity contribution in [1.29, 1.82) is 0 Å². The van der Waals surface area contributed by atoms with Crippen LogP contribution in [0.15, 0.2) is 103 Å². The summed E-state index contributed by atoms with van der Waals surface area (Å²) in [6, 6.07) is 25.5. The number of allylic oxidation sites excluding steroid dienone is 2. The van der Waals surface area contributed by atoms with Crippen LogP contribution in [0.25, 0.3) is 0 Å². The standard InChI is InChI=1S/C38H43FO5/c39-35-23-21-33(22-24-35)36(44-27-31-15-13-29(14-16-31)12-11-28-7-3-1-4-8-28)26-32(9-5-2-6-10-37(40)41)25-30-17-19-34(20-18-30)38(42)43/h1,3-4,7-8,13-17,19-24,30,32,36H,2,5-6,9-12,18,25-27H2,(H,40,41)(H,42,43)/t30?,32-,36?/m1/s1. The van der Waals surface area contributed by atoms with Crippen LogP contribution in [0.3, 0.4) is 0 Å². The smallest absolute Gasteiger partial charge is 0.335 e. The zero-order chi connectivity index (χ0) is 31.1. The molecule has 0 fully saturated rings. The van der Waals surface area contributed by atoms with Gasteiger partial charge in [0.1, 0.15) is 5.82 Å². The van der Waals surface area contributed by atoms with E-state index in [0.29, 0.717) is 25.0 Å². The van der Waals surface area contributed by atoms with E-state index < -0.39 is 11.9 Å². The van der Waals surface area contributed by atoms with Crippen LogP contribution < -0.4 is 0 Å². The topological polar surface area (TPSA) is 83.8 Å². The molecule has 0 aromatic heterocycles. The lowest BCUT2D eigenvalue weighted by Gasteiger charge is -2.27. The van der Waals surface area contributed by atoms with E-state index in [0.717, 1.165) is 56.1 Å². The van der Waals surface area contributed by atoms with Gasteiger partial charge >= 0.3 is 11.9 Å². The zero-order valence-corrected chi connectivity index (χ0v) is 25.2. The third-order valence-corrected chi connectivity index (χ3v) is 8.38. The quantitative estimate of drug-likeness (QED) is 0.143. The number of aryl methyl sites for hydroxylation is 2. The number of carboxylic acids is 2. The number of halogens is 1. The Kier molecular flexibility index (Phi) is 12.9. The Balaban J connectivity index is 1.41. The molecule has 1 aliphatic rings. The molecule has 3 aromatic carbocycles. The van der Waals surface area contributed by atoms with Crippen molar-refractivity contribution in [1.82, 2.24) is 0 Å². The minimum Gasteiger partial charge on any atom is -0.481 e. The molecule has 0 bridgehead atoms. The molecule has 4 rings (SSSR count). The molecule has 0 saturated carbocycles. The van der Waals surface area contributed by atoms with Gasteiger partial charge in [-0.05, 0) is 84.7 Å². The molecule has 2 unspecified atom stereocenters. The average Bonchev–Trinajstić information content (AvgIpc) is 3.03. The van der Waals surface area contributed by atoms with Gasteiger partial charge in [0.15, 0.2) is 0 Å². The molecule has 2 N–H and O–H groups in total. The first-order chi connectivity index (χ1) is 21.4. The van der Waals surface area contributed by atoms with E-state index in [1.165, 1.54) is 23.3 Å². The molecule has 0 radical (unpaired) electrons. The van der Waals surface area contributed by atoms with Crippen LogP contribution >= 0.6 is 0 Å². The van der Waals surface area contributed by atoms with Gasteiger partial charge in [0, 0.05) is 6.42 Å². The lowest BCUT2D eigenvalue weighted by Crippen LogP contribution is -2.16. The van der Waals surface area contributed by atoms with E-state index in [-0.39, 0.29) is 30.2 Å². The van der Waals surface area contributed by atoms with Crippen LogP contribution in [0.4, 0.5) is 4.39 Å². The molecule has 0 saturated heterocycles. The highest BCUT2D eigenvalue weighted by Crippen LogP contribution is 2.35. The summed E-state index contributed by atoms with van der Waals surface area (Å²) in [4.78, 5) is 22.3. The number of ether oxygens (including phenoxy) is 1. The Bertz CT molecular complexity index is 1380. The van der Waals surface area contributed by atoms with Crippen LogP contribution in [0.2, 0.25) is 0 Å². The van der Waals surface area contributed by atoms with Crippen LogP contribution in [0.1, 0.15) is 79.7 Å². The lowest BCUT2D eigenvalue weighted by molar-refractivity contribution is -0.137. The Morgan fingerprint density at radius 1 is 0.841 bits per heavy atom. The highest BCUT2D eigenvalue weighted by atomic mass is 19.1. The summed E-state index contributed by atoms with van der Waals surface area (Å²) in [5.74, 6) is -1.49. The van der Waals surface area contributed by atoms with Gasteiger partial charge < -0.3 is 14.9 Å². The average molecular weight is 599 g/mol. The third-order valence-electron chi connectivity index (χ3n) is 8.38. The molecule has 232 valence electrons. The summed E-state index contributed by atoms with van der Waals surface area (Å²) in [6.07, 6.45) is 13.0. The minimum atomic E-state index is -0.913. The molecule has 6 heteroatoms. The van der Waals surface area contributed by atoms with E-state index in [2.05, 4.69) is 48.5 Å². The fourth-order valence-electron chi connectivity index (χ4n) is 5.86. The van der Waals surface area contributed by atoms with Crippen molar-refractivity contribution in [3.63, 3.8) is 0 Å². The van der Waals surface area contributed by atoms with Crippen molar-refractivity contribution in [2.24, 2.45) is 11.8 Å². The fraction of sp³-hybridized carbons (Fsp3) is 0.368. The Morgan fingerprint density at radius 2 is 1.52 bits per heavy atom. The van der Waals surface area contributed by atoms with Crippen molar-refractivity contribution >= 4 is 11.9 Å². The van der Waals surface area contributed by atoms with Crippen molar-refractivity contribution in [2.75, 3.05) is 0 Å². The van der Waals surface area contributed by atoms with Crippen molar-refractivity contribution < 1.29 is 28.9 Å². The summed E-state index contributed by atoms with van der Waals surface area (Å²) in [5, 5.41) is 18.3. The van der Waals surface area contributed by atoms with Crippen molar-refractivity contribution in [2.45, 2.75) is 76.9 Å². The number of unbranched alkanes of at least 4 members (excludes halogenated alkanes) is 2. The molecule has 0 amide bonds. The Labute approximate surface area is 260 Å². The largest absolute Gasteiger partial charge is 0.481 e. The molecule has 1 aliphatic carbocycles. The highest BCUT2D eigenvalue weighted by molar-refractivity contribution is 5.90. The summed E-state index contributed by atoms with van der Waals surface area (Å²) in [7, 11) is 0.